The Bertz CT molecular complexity index is 874. The summed E-state index contributed by atoms with van der Waals surface area (Å²) < 4.78 is 2.11. The van der Waals surface area contributed by atoms with Gasteiger partial charge in [-0.15, -0.1) is 0 Å². The highest BCUT2D eigenvalue weighted by atomic mass is 15.0. The average molecular weight is 270 g/mol. The third kappa shape index (κ3) is 2.11. The minimum atomic E-state index is 1.11. The van der Waals surface area contributed by atoms with Crippen LogP contribution < -0.4 is 0 Å². The smallest absolute Gasteiger partial charge is 0.0997 e. The predicted octanol–water partition coefficient (Wildman–Crippen LogP) is 4.67. The molecule has 100 valence electrons. The Morgan fingerprint density at radius 2 is 1.33 bits per heavy atom. The third-order valence-corrected chi connectivity index (χ3v) is 3.74. The third-order valence-electron chi connectivity index (χ3n) is 3.74. The Balaban J connectivity index is 1.79. The van der Waals surface area contributed by atoms with Crippen LogP contribution in [0.25, 0.3) is 27.9 Å². The Morgan fingerprint density at radius 1 is 0.619 bits per heavy atom. The summed E-state index contributed by atoms with van der Waals surface area (Å²) >= 11 is 0. The fourth-order valence-electron chi connectivity index (χ4n) is 2.65. The zero-order chi connectivity index (χ0) is 14.1. The van der Waals surface area contributed by atoms with E-state index in [2.05, 4.69) is 76.1 Å². The van der Waals surface area contributed by atoms with Gasteiger partial charge in [-0.2, -0.15) is 0 Å². The predicted molar refractivity (Wildman–Crippen MR) is 86.1 cm³/mol. The van der Waals surface area contributed by atoms with Gasteiger partial charge >= 0.3 is 0 Å². The summed E-state index contributed by atoms with van der Waals surface area (Å²) in [6.45, 7) is 0. The highest BCUT2D eigenvalue weighted by Crippen LogP contribution is 2.25. The lowest BCUT2D eigenvalue weighted by atomic mass is 10.0. The first kappa shape index (κ1) is 11.9. The molecule has 0 atom stereocenters. The van der Waals surface area contributed by atoms with Crippen LogP contribution in [-0.2, 0) is 0 Å². The van der Waals surface area contributed by atoms with E-state index in [9.17, 15) is 0 Å². The van der Waals surface area contributed by atoms with Crippen LogP contribution in [0.1, 0.15) is 0 Å². The second kappa shape index (κ2) is 4.91. The van der Waals surface area contributed by atoms with Gasteiger partial charge in [0.25, 0.3) is 0 Å². The lowest BCUT2D eigenvalue weighted by Crippen LogP contribution is -1.89. The maximum absolute atomic E-state index is 4.22. The van der Waals surface area contributed by atoms with Gasteiger partial charge in [0, 0.05) is 0 Å². The number of hydrogen-bond acceptors (Lipinski definition) is 1. The van der Waals surface area contributed by atoms with Crippen LogP contribution in [0.5, 0.6) is 0 Å². The van der Waals surface area contributed by atoms with Crippen molar-refractivity contribution in [3.05, 3.63) is 85.3 Å². The van der Waals surface area contributed by atoms with E-state index >= 15 is 0 Å². The fraction of sp³-hybridized carbons (Fsp3) is 0. The fourth-order valence-corrected chi connectivity index (χ4v) is 2.65. The largest absolute Gasteiger partial charge is 0.299 e. The monoisotopic (exact) mass is 270 g/mol. The molecular weight excluding hydrogens is 256 g/mol. The number of imidazole rings is 1. The number of nitrogens with zero attached hydrogens (tertiary/aromatic N) is 2. The summed E-state index contributed by atoms with van der Waals surface area (Å²) in [5.74, 6) is 0. The molecule has 0 saturated carbocycles. The number of pyridine rings is 1. The molecule has 2 heteroatoms. The zero-order valence-corrected chi connectivity index (χ0v) is 11.5. The van der Waals surface area contributed by atoms with Gasteiger partial charge < -0.3 is 0 Å². The van der Waals surface area contributed by atoms with E-state index < -0.39 is 0 Å². The molecule has 2 heterocycles. The number of fused-ring (bicyclic) bond motifs is 1. The molecule has 0 aliphatic heterocycles. The normalized spacial score (nSPS) is 10.9. The number of hydrogen-bond donors (Lipinski definition) is 0. The minimum absolute atomic E-state index is 1.11. The van der Waals surface area contributed by atoms with E-state index in [-0.39, 0.29) is 0 Å². The highest BCUT2D eigenvalue weighted by Gasteiger charge is 2.04. The van der Waals surface area contributed by atoms with Crippen molar-refractivity contribution in [1.29, 1.82) is 0 Å². The van der Waals surface area contributed by atoms with Crippen LogP contribution in [0.3, 0.4) is 0 Å². The summed E-state index contributed by atoms with van der Waals surface area (Å²) in [5.41, 5.74) is 5.93. The molecule has 0 amide bonds. The molecule has 2 nitrogen and oxygen atoms in total. The minimum Gasteiger partial charge on any atom is -0.299 e. The summed E-state index contributed by atoms with van der Waals surface area (Å²) in [6.07, 6.45) is 3.73. The van der Waals surface area contributed by atoms with Crippen LogP contribution in [-0.4, -0.2) is 9.38 Å². The Morgan fingerprint density at radius 3 is 2.14 bits per heavy atom. The van der Waals surface area contributed by atoms with Crippen LogP contribution in [0, 0.1) is 0 Å². The van der Waals surface area contributed by atoms with Crippen LogP contribution in [0.15, 0.2) is 85.3 Å². The average Bonchev–Trinajstić information content (AvgIpc) is 3.04. The molecule has 0 fully saturated rings. The van der Waals surface area contributed by atoms with Gasteiger partial charge in [-0.3, -0.25) is 4.40 Å². The van der Waals surface area contributed by atoms with Crippen LogP contribution in [0.4, 0.5) is 0 Å². The molecule has 2 aromatic heterocycles. The number of aromatic nitrogens is 2. The first-order valence-electron chi connectivity index (χ1n) is 6.99. The molecule has 0 unspecified atom stereocenters. The molecule has 2 aromatic carbocycles. The molecule has 0 aliphatic rings. The van der Waals surface area contributed by atoms with Crippen molar-refractivity contribution in [1.82, 2.24) is 9.38 Å². The summed E-state index contributed by atoms with van der Waals surface area (Å²) in [4.78, 5) is 4.22. The molecule has 0 radical (unpaired) electrons. The van der Waals surface area contributed by atoms with E-state index in [4.69, 9.17) is 0 Å². The van der Waals surface area contributed by atoms with E-state index in [1.165, 1.54) is 16.7 Å². The molecule has 0 N–H and O–H groups in total. The SMILES string of the molecule is c1ccc(-c2ccc(-c3cccc4cncn34)cc2)cc1. The molecule has 0 spiro atoms. The van der Waals surface area contributed by atoms with Crippen molar-refractivity contribution < 1.29 is 0 Å². The molecule has 21 heavy (non-hydrogen) atoms. The van der Waals surface area contributed by atoms with Gasteiger partial charge in [0.05, 0.1) is 23.7 Å². The second-order valence-electron chi connectivity index (χ2n) is 5.04. The summed E-state index contributed by atoms with van der Waals surface area (Å²) in [7, 11) is 0. The summed E-state index contributed by atoms with van der Waals surface area (Å²) in [5, 5.41) is 0. The lowest BCUT2D eigenvalue weighted by Gasteiger charge is -2.07. The Kier molecular flexibility index (Phi) is 2.79. The van der Waals surface area contributed by atoms with Crippen molar-refractivity contribution in [3.8, 4) is 22.4 Å². The van der Waals surface area contributed by atoms with Gasteiger partial charge in [-0.05, 0) is 28.8 Å². The molecular formula is C19H14N2. The van der Waals surface area contributed by atoms with Crippen molar-refractivity contribution in [3.63, 3.8) is 0 Å². The van der Waals surface area contributed by atoms with E-state index in [0.717, 1.165) is 11.2 Å². The van der Waals surface area contributed by atoms with Gasteiger partial charge in [0.2, 0.25) is 0 Å². The molecule has 4 aromatic rings. The molecule has 0 bridgehead atoms. The maximum atomic E-state index is 4.22. The van der Waals surface area contributed by atoms with Gasteiger partial charge in [0.1, 0.15) is 0 Å². The van der Waals surface area contributed by atoms with Crippen LogP contribution in [0.2, 0.25) is 0 Å². The van der Waals surface area contributed by atoms with Crippen molar-refractivity contribution in [2.75, 3.05) is 0 Å². The quantitative estimate of drug-likeness (QED) is 0.517. The van der Waals surface area contributed by atoms with E-state index in [0.29, 0.717) is 0 Å². The van der Waals surface area contributed by atoms with Crippen molar-refractivity contribution in [2.45, 2.75) is 0 Å². The lowest BCUT2D eigenvalue weighted by molar-refractivity contribution is 1.16. The van der Waals surface area contributed by atoms with E-state index in [1.54, 1.807) is 0 Å². The first-order valence-corrected chi connectivity index (χ1v) is 6.99. The second-order valence-corrected chi connectivity index (χ2v) is 5.04. The van der Waals surface area contributed by atoms with E-state index in [1.807, 2.05) is 18.6 Å². The maximum Gasteiger partial charge on any atom is 0.0997 e. The standard InChI is InChI=1S/C19H14N2/c1-2-5-15(6-3-1)16-9-11-17(12-10-16)19-8-4-7-18-13-20-14-21(18)19/h1-14H. The number of benzene rings is 2. The van der Waals surface area contributed by atoms with Gasteiger partial charge in [0.15, 0.2) is 0 Å². The van der Waals surface area contributed by atoms with Crippen LogP contribution >= 0.6 is 0 Å². The Hall–Kier alpha value is -2.87. The highest BCUT2D eigenvalue weighted by molar-refractivity contribution is 5.70. The molecule has 0 aliphatic carbocycles. The van der Waals surface area contributed by atoms with Crippen molar-refractivity contribution in [2.24, 2.45) is 0 Å². The summed E-state index contributed by atoms with van der Waals surface area (Å²) in [6, 6.07) is 25.3. The number of rotatable bonds is 2. The topological polar surface area (TPSA) is 17.3 Å². The zero-order valence-electron chi connectivity index (χ0n) is 11.5. The Labute approximate surface area is 123 Å². The van der Waals surface area contributed by atoms with Gasteiger partial charge in [-0.1, -0.05) is 60.7 Å². The molecule has 0 saturated heterocycles. The first-order chi connectivity index (χ1) is 10.4. The van der Waals surface area contributed by atoms with Crippen molar-refractivity contribution >= 4 is 5.52 Å². The molecule has 4 rings (SSSR count). The van der Waals surface area contributed by atoms with Gasteiger partial charge in [-0.25, -0.2) is 4.98 Å².